The first-order valence-corrected chi connectivity index (χ1v) is 7.64. The molecule has 0 saturated heterocycles. The maximum Gasteiger partial charge on any atom is 0.261 e. The summed E-state index contributed by atoms with van der Waals surface area (Å²) in [4.78, 5) is 26.1. The minimum Gasteiger partial charge on any atom is -0.351 e. The van der Waals surface area contributed by atoms with Crippen LogP contribution in [0.25, 0.3) is 0 Å². The quantitative estimate of drug-likeness (QED) is 0.891. The standard InChI is InChI=1S/C16H18N2O2S/c1-18(12-13-6-3-2-4-7-13)15(19)9-10-17-16(20)14-8-5-11-21-14/h2-8,11H,9-10,12H2,1H3,(H,17,20). The summed E-state index contributed by atoms with van der Waals surface area (Å²) in [6, 6.07) is 13.4. The van der Waals surface area contributed by atoms with Gasteiger partial charge in [-0.05, 0) is 17.0 Å². The van der Waals surface area contributed by atoms with Crippen LogP contribution in [-0.4, -0.2) is 30.3 Å². The predicted octanol–water partition coefficient (Wildman–Crippen LogP) is 2.53. The van der Waals surface area contributed by atoms with Crippen molar-refractivity contribution in [3.63, 3.8) is 0 Å². The lowest BCUT2D eigenvalue weighted by Gasteiger charge is -2.17. The van der Waals surface area contributed by atoms with Crippen LogP contribution in [0.5, 0.6) is 0 Å². The molecule has 0 fully saturated rings. The van der Waals surface area contributed by atoms with Gasteiger partial charge in [-0.3, -0.25) is 9.59 Å². The lowest BCUT2D eigenvalue weighted by molar-refractivity contribution is -0.130. The molecule has 110 valence electrons. The van der Waals surface area contributed by atoms with Gasteiger partial charge in [0.1, 0.15) is 0 Å². The minimum atomic E-state index is -0.122. The van der Waals surface area contributed by atoms with E-state index in [0.717, 1.165) is 5.56 Å². The third-order valence-corrected chi connectivity index (χ3v) is 3.93. The van der Waals surface area contributed by atoms with Crippen molar-refractivity contribution in [3.8, 4) is 0 Å². The fourth-order valence-corrected chi connectivity index (χ4v) is 2.55. The number of amides is 2. The SMILES string of the molecule is CN(Cc1ccccc1)C(=O)CCNC(=O)c1cccs1. The molecule has 0 atom stereocenters. The van der Waals surface area contributed by atoms with Gasteiger partial charge >= 0.3 is 0 Å². The van der Waals surface area contributed by atoms with E-state index in [4.69, 9.17) is 0 Å². The van der Waals surface area contributed by atoms with Crippen molar-refractivity contribution in [2.24, 2.45) is 0 Å². The Morgan fingerprint density at radius 2 is 1.90 bits per heavy atom. The topological polar surface area (TPSA) is 49.4 Å². The summed E-state index contributed by atoms with van der Waals surface area (Å²) in [6.07, 6.45) is 0.306. The molecule has 0 saturated carbocycles. The fourth-order valence-electron chi connectivity index (χ4n) is 1.91. The van der Waals surface area contributed by atoms with Crippen molar-refractivity contribution < 1.29 is 9.59 Å². The highest BCUT2D eigenvalue weighted by Crippen LogP contribution is 2.08. The number of nitrogens with one attached hydrogen (secondary N) is 1. The minimum absolute atomic E-state index is 0.0188. The Morgan fingerprint density at radius 1 is 1.14 bits per heavy atom. The van der Waals surface area contributed by atoms with Crippen LogP contribution >= 0.6 is 11.3 Å². The molecule has 2 aromatic rings. The van der Waals surface area contributed by atoms with Crippen molar-refractivity contribution in [1.82, 2.24) is 10.2 Å². The maximum absolute atomic E-state index is 12.0. The Hall–Kier alpha value is -2.14. The largest absolute Gasteiger partial charge is 0.351 e. The number of hydrogen-bond acceptors (Lipinski definition) is 3. The zero-order chi connectivity index (χ0) is 15.1. The summed E-state index contributed by atoms with van der Waals surface area (Å²) in [5.41, 5.74) is 1.09. The molecule has 4 nitrogen and oxygen atoms in total. The molecule has 2 amide bonds. The van der Waals surface area contributed by atoms with E-state index in [2.05, 4.69) is 5.32 Å². The molecule has 0 aliphatic rings. The Kier molecular flexibility index (Phi) is 5.51. The Bertz CT molecular complexity index is 582. The molecule has 0 aliphatic heterocycles. The zero-order valence-electron chi connectivity index (χ0n) is 11.9. The Morgan fingerprint density at radius 3 is 2.57 bits per heavy atom. The first-order valence-electron chi connectivity index (χ1n) is 6.76. The van der Waals surface area contributed by atoms with Crippen molar-refractivity contribution in [1.29, 1.82) is 0 Å². The third-order valence-electron chi connectivity index (χ3n) is 3.06. The lowest BCUT2D eigenvalue weighted by atomic mass is 10.2. The van der Waals surface area contributed by atoms with Gasteiger partial charge in [0.25, 0.3) is 5.91 Å². The van der Waals surface area contributed by atoms with Crippen LogP contribution in [0.3, 0.4) is 0 Å². The van der Waals surface area contributed by atoms with Crippen LogP contribution in [0.2, 0.25) is 0 Å². The van der Waals surface area contributed by atoms with E-state index in [0.29, 0.717) is 24.4 Å². The fraction of sp³-hybridized carbons (Fsp3) is 0.250. The number of carbonyl (C=O) groups is 2. The summed E-state index contributed by atoms with van der Waals surface area (Å²) >= 11 is 1.39. The Labute approximate surface area is 128 Å². The monoisotopic (exact) mass is 302 g/mol. The molecule has 0 radical (unpaired) electrons. The Balaban J connectivity index is 1.73. The summed E-state index contributed by atoms with van der Waals surface area (Å²) in [7, 11) is 1.77. The van der Waals surface area contributed by atoms with Gasteiger partial charge < -0.3 is 10.2 Å². The smallest absolute Gasteiger partial charge is 0.261 e. The van der Waals surface area contributed by atoms with Crippen LogP contribution in [0.1, 0.15) is 21.7 Å². The van der Waals surface area contributed by atoms with Gasteiger partial charge in [-0.1, -0.05) is 36.4 Å². The van der Waals surface area contributed by atoms with E-state index in [9.17, 15) is 9.59 Å². The van der Waals surface area contributed by atoms with Crippen LogP contribution in [-0.2, 0) is 11.3 Å². The number of hydrogen-bond donors (Lipinski definition) is 1. The molecule has 0 unspecified atom stereocenters. The second kappa shape index (κ2) is 7.59. The highest BCUT2D eigenvalue weighted by atomic mass is 32.1. The van der Waals surface area contributed by atoms with Crippen LogP contribution in [0.4, 0.5) is 0 Å². The molecule has 1 N–H and O–H groups in total. The lowest BCUT2D eigenvalue weighted by Crippen LogP contribution is -2.31. The van der Waals surface area contributed by atoms with E-state index >= 15 is 0 Å². The molecular weight excluding hydrogens is 284 g/mol. The number of nitrogens with zero attached hydrogens (tertiary/aromatic N) is 1. The number of carbonyl (C=O) groups excluding carboxylic acids is 2. The average Bonchev–Trinajstić information content (AvgIpc) is 3.02. The van der Waals surface area contributed by atoms with Crippen LogP contribution in [0, 0.1) is 0 Å². The van der Waals surface area contributed by atoms with Crippen LogP contribution < -0.4 is 5.32 Å². The molecular formula is C16H18N2O2S. The van der Waals surface area contributed by atoms with E-state index < -0.39 is 0 Å². The van der Waals surface area contributed by atoms with Gasteiger partial charge in [0.05, 0.1) is 4.88 Å². The summed E-state index contributed by atoms with van der Waals surface area (Å²) in [5.74, 6) is -0.103. The molecule has 0 bridgehead atoms. The zero-order valence-corrected chi connectivity index (χ0v) is 12.7. The molecule has 1 aromatic heterocycles. The first kappa shape index (κ1) is 15.3. The van der Waals surface area contributed by atoms with Crippen molar-refractivity contribution in [2.75, 3.05) is 13.6 Å². The average molecular weight is 302 g/mol. The molecule has 1 heterocycles. The van der Waals surface area contributed by atoms with Gasteiger partial charge in [-0.2, -0.15) is 0 Å². The summed E-state index contributed by atoms with van der Waals surface area (Å²) in [5, 5.41) is 4.61. The van der Waals surface area contributed by atoms with Gasteiger partial charge in [-0.25, -0.2) is 0 Å². The van der Waals surface area contributed by atoms with E-state index in [1.165, 1.54) is 11.3 Å². The highest BCUT2D eigenvalue weighted by Gasteiger charge is 2.10. The summed E-state index contributed by atoms with van der Waals surface area (Å²) < 4.78 is 0. The molecule has 2 rings (SSSR count). The maximum atomic E-state index is 12.0. The number of rotatable bonds is 6. The van der Waals surface area contributed by atoms with E-state index in [1.807, 2.05) is 41.8 Å². The second-order valence-corrected chi connectivity index (χ2v) is 5.67. The van der Waals surface area contributed by atoms with Crippen molar-refractivity contribution >= 4 is 23.2 Å². The summed E-state index contributed by atoms with van der Waals surface area (Å²) in [6.45, 7) is 0.938. The molecule has 21 heavy (non-hydrogen) atoms. The van der Waals surface area contributed by atoms with Gasteiger partial charge in [0, 0.05) is 26.6 Å². The van der Waals surface area contributed by atoms with Crippen molar-refractivity contribution in [2.45, 2.75) is 13.0 Å². The molecule has 5 heteroatoms. The van der Waals surface area contributed by atoms with Crippen LogP contribution in [0.15, 0.2) is 47.8 Å². The van der Waals surface area contributed by atoms with Crippen molar-refractivity contribution in [3.05, 3.63) is 58.3 Å². The van der Waals surface area contributed by atoms with Gasteiger partial charge in [0.2, 0.25) is 5.91 Å². The third kappa shape index (κ3) is 4.72. The molecule has 1 aromatic carbocycles. The molecule has 0 aliphatic carbocycles. The normalized spacial score (nSPS) is 10.1. The molecule has 0 spiro atoms. The second-order valence-electron chi connectivity index (χ2n) is 4.72. The first-order chi connectivity index (χ1) is 10.2. The predicted molar refractivity (Wildman–Crippen MR) is 84.2 cm³/mol. The van der Waals surface area contributed by atoms with E-state index in [1.54, 1.807) is 18.0 Å². The highest BCUT2D eigenvalue weighted by molar-refractivity contribution is 7.12. The van der Waals surface area contributed by atoms with E-state index in [-0.39, 0.29) is 11.8 Å². The van der Waals surface area contributed by atoms with Gasteiger partial charge in [0.15, 0.2) is 0 Å². The number of benzene rings is 1. The number of thiophene rings is 1. The van der Waals surface area contributed by atoms with Gasteiger partial charge in [-0.15, -0.1) is 11.3 Å².